The van der Waals surface area contributed by atoms with E-state index in [4.69, 9.17) is 14.7 Å². The van der Waals surface area contributed by atoms with Gasteiger partial charge in [0.25, 0.3) is 0 Å². The predicted molar refractivity (Wildman–Crippen MR) is 127 cm³/mol. The number of ether oxygens (including phenoxy) is 1. The summed E-state index contributed by atoms with van der Waals surface area (Å²) >= 11 is 1.64. The van der Waals surface area contributed by atoms with Crippen LogP contribution >= 0.6 is 11.3 Å². The van der Waals surface area contributed by atoms with Gasteiger partial charge in [-0.05, 0) is 29.9 Å². The lowest BCUT2D eigenvalue weighted by Crippen LogP contribution is -2.29. The van der Waals surface area contributed by atoms with Crippen LogP contribution in [-0.4, -0.2) is 43.8 Å². The third-order valence-corrected chi connectivity index (χ3v) is 6.52. The second kappa shape index (κ2) is 9.22. The molecule has 1 aliphatic rings. The zero-order valence-corrected chi connectivity index (χ0v) is 19.1. The Morgan fingerprint density at radius 3 is 2.66 bits per heavy atom. The molecule has 4 heterocycles. The van der Waals surface area contributed by atoms with Crippen molar-refractivity contribution in [3.63, 3.8) is 0 Å². The zero-order valence-electron chi connectivity index (χ0n) is 18.3. The summed E-state index contributed by atoms with van der Waals surface area (Å²) in [7, 11) is 0. The fourth-order valence-corrected chi connectivity index (χ4v) is 4.46. The molecule has 8 nitrogen and oxygen atoms in total. The predicted octanol–water partition coefficient (Wildman–Crippen LogP) is 4.57. The molecule has 166 valence electrons. The van der Waals surface area contributed by atoms with E-state index in [2.05, 4.69) is 58.8 Å². The molecule has 3 aromatic heterocycles. The van der Waals surface area contributed by atoms with E-state index in [-0.39, 0.29) is 0 Å². The van der Waals surface area contributed by atoms with E-state index < -0.39 is 0 Å². The monoisotopic (exact) mass is 449 g/mol. The largest absolute Gasteiger partial charge is 0.381 e. The zero-order chi connectivity index (χ0) is 21.9. The standard InChI is InChI=1S/C23H27N7OS/c1-15(2)19-12-26-30-21(19)28-22(27-18-7-9-31-10-8-18)29-23(30)25-11-16-3-5-17(6-4-16)20-13-24-14-32-20/h3-6,12-15,18H,7-11H2,1-2H3,(H2,25,27,28,29). The van der Waals surface area contributed by atoms with Crippen LogP contribution in [0.2, 0.25) is 0 Å². The number of fused-ring (bicyclic) bond motifs is 1. The maximum absolute atomic E-state index is 5.48. The van der Waals surface area contributed by atoms with Gasteiger partial charge in [0.15, 0.2) is 5.65 Å². The number of anilines is 2. The molecule has 1 aliphatic heterocycles. The average molecular weight is 450 g/mol. The Bertz CT molecular complexity index is 1170. The molecule has 0 amide bonds. The lowest BCUT2D eigenvalue weighted by Gasteiger charge is -2.23. The number of benzene rings is 1. The number of hydrogen-bond acceptors (Lipinski definition) is 8. The molecular weight excluding hydrogens is 422 g/mol. The minimum absolute atomic E-state index is 0.323. The summed E-state index contributed by atoms with van der Waals surface area (Å²) in [4.78, 5) is 14.9. The molecule has 0 atom stereocenters. The maximum atomic E-state index is 5.48. The van der Waals surface area contributed by atoms with Crippen LogP contribution in [-0.2, 0) is 11.3 Å². The number of rotatable bonds is 7. The maximum Gasteiger partial charge on any atom is 0.229 e. The molecule has 1 saturated heterocycles. The van der Waals surface area contributed by atoms with Crippen molar-refractivity contribution >= 4 is 28.9 Å². The first kappa shape index (κ1) is 20.8. The third-order valence-electron chi connectivity index (χ3n) is 5.69. The quantitative estimate of drug-likeness (QED) is 0.427. The average Bonchev–Trinajstić information content (AvgIpc) is 3.49. The van der Waals surface area contributed by atoms with E-state index in [1.165, 1.54) is 16.0 Å². The van der Waals surface area contributed by atoms with Gasteiger partial charge < -0.3 is 15.4 Å². The van der Waals surface area contributed by atoms with Gasteiger partial charge in [0, 0.05) is 37.6 Å². The number of nitrogens with one attached hydrogen (secondary N) is 2. The highest BCUT2D eigenvalue weighted by Gasteiger charge is 2.19. The van der Waals surface area contributed by atoms with Crippen LogP contribution in [0.1, 0.15) is 43.7 Å². The molecule has 1 fully saturated rings. The molecule has 0 spiro atoms. The van der Waals surface area contributed by atoms with Crippen LogP contribution < -0.4 is 10.6 Å². The van der Waals surface area contributed by atoms with Crippen molar-refractivity contribution in [3.8, 4) is 10.4 Å². The van der Waals surface area contributed by atoms with E-state index in [1.807, 2.05) is 17.9 Å². The molecular formula is C23H27N7OS. The van der Waals surface area contributed by atoms with Crippen LogP contribution in [0.3, 0.4) is 0 Å². The van der Waals surface area contributed by atoms with Gasteiger partial charge in [-0.1, -0.05) is 38.1 Å². The highest BCUT2D eigenvalue weighted by Crippen LogP contribution is 2.25. The Balaban J connectivity index is 1.39. The minimum Gasteiger partial charge on any atom is -0.381 e. The first-order valence-corrected chi connectivity index (χ1v) is 11.9. The van der Waals surface area contributed by atoms with Crippen molar-refractivity contribution in [2.45, 2.75) is 45.2 Å². The highest BCUT2D eigenvalue weighted by molar-refractivity contribution is 7.13. The summed E-state index contributed by atoms with van der Waals surface area (Å²) in [5.41, 5.74) is 6.15. The van der Waals surface area contributed by atoms with Crippen molar-refractivity contribution in [2.75, 3.05) is 23.8 Å². The normalized spacial score (nSPS) is 14.8. The lowest BCUT2D eigenvalue weighted by molar-refractivity contribution is 0.0903. The van der Waals surface area contributed by atoms with Gasteiger partial charge >= 0.3 is 0 Å². The second-order valence-corrected chi connectivity index (χ2v) is 9.19. The van der Waals surface area contributed by atoms with Gasteiger partial charge in [-0.2, -0.15) is 19.6 Å². The van der Waals surface area contributed by atoms with Gasteiger partial charge in [0.1, 0.15) is 0 Å². The van der Waals surface area contributed by atoms with Gasteiger partial charge in [0.05, 0.1) is 16.6 Å². The van der Waals surface area contributed by atoms with Crippen LogP contribution in [0.15, 0.2) is 42.2 Å². The van der Waals surface area contributed by atoms with Crippen LogP contribution in [0, 0.1) is 0 Å². The van der Waals surface area contributed by atoms with Gasteiger partial charge in [-0.15, -0.1) is 11.3 Å². The van der Waals surface area contributed by atoms with Crippen LogP contribution in [0.25, 0.3) is 16.1 Å². The van der Waals surface area contributed by atoms with Crippen LogP contribution in [0.4, 0.5) is 11.9 Å². The Kier molecular flexibility index (Phi) is 6.00. The van der Waals surface area contributed by atoms with Gasteiger partial charge in [-0.3, -0.25) is 4.98 Å². The summed E-state index contributed by atoms with van der Waals surface area (Å²) < 4.78 is 7.28. The molecule has 9 heteroatoms. The SMILES string of the molecule is CC(C)c1cnn2c(NCc3ccc(-c4cncs4)cc3)nc(NC3CCOCC3)nc12. The second-order valence-electron chi connectivity index (χ2n) is 8.31. The van der Waals surface area contributed by atoms with Crippen molar-refractivity contribution in [3.05, 3.63) is 53.3 Å². The van der Waals surface area contributed by atoms with Crippen LogP contribution in [0.5, 0.6) is 0 Å². The molecule has 4 aromatic rings. The third kappa shape index (κ3) is 4.44. The van der Waals surface area contributed by atoms with E-state index in [0.717, 1.165) is 37.3 Å². The summed E-state index contributed by atoms with van der Waals surface area (Å²) in [5.74, 6) is 1.64. The fourth-order valence-electron chi connectivity index (χ4n) is 3.83. The van der Waals surface area contributed by atoms with Crippen molar-refractivity contribution in [1.82, 2.24) is 24.6 Å². The van der Waals surface area contributed by atoms with Crippen molar-refractivity contribution < 1.29 is 4.74 Å². The molecule has 5 rings (SSSR count). The fraction of sp³-hybridized carbons (Fsp3) is 0.391. The lowest BCUT2D eigenvalue weighted by atomic mass is 10.1. The van der Waals surface area contributed by atoms with E-state index in [1.54, 1.807) is 15.9 Å². The molecule has 0 aliphatic carbocycles. The Morgan fingerprint density at radius 1 is 1.12 bits per heavy atom. The minimum atomic E-state index is 0.323. The first-order valence-electron chi connectivity index (χ1n) is 11.0. The van der Waals surface area contributed by atoms with E-state index >= 15 is 0 Å². The Morgan fingerprint density at radius 2 is 1.94 bits per heavy atom. The summed E-state index contributed by atoms with van der Waals surface area (Å²) in [6.45, 7) is 6.49. The Labute approximate surface area is 191 Å². The number of nitrogens with zero attached hydrogens (tertiary/aromatic N) is 5. The molecule has 32 heavy (non-hydrogen) atoms. The molecule has 1 aromatic carbocycles. The molecule has 0 unspecified atom stereocenters. The smallest absolute Gasteiger partial charge is 0.229 e. The summed E-state index contributed by atoms with van der Waals surface area (Å²) in [6.07, 6.45) is 5.70. The van der Waals surface area contributed by atoms with Gasteiger partial charge in [-0.25, -0.2) is 0 Å². The Hall–Kier alpha value is -3.04. The highest BCUT2D eigenvalue weighted by atomic mass is 32.1. The summed E-state index contributed by atoms with van der Waals surface area (Å²) in [5, 5.41) is 11.5. The summed E-state index contributed by atoms with van der Waals surface area (Å²) in [6, 6.07) is 8.84. The number of aromatic nitrogens is 5. The topological polar surface area (TPSA) is 89.3 Å². The first-order chi connectivity index (χ1) is 15.7. The van der Waals surface area contributed by atoms with Crippen molar-refractivity contribution in [2.24, 2.45) is 0 Å². The molecule has 2 N–H and O–H groups in total. The number of hydrogen-bond donors (Lipinski definition) is 2. The van der Waals surface area contributed by atoms with E-state index in [0.29, 0.717) is 30.4 Å². The molecule has 0 radical (unpaired) electrons. The van der Waals surface area contributed by atoms with Gasteiger partial charge in [0.2, 0.25) is 11.9 Å². The number of thiazole rings is 1. The molecule has 0 saturated carbocycles. The molecule has 0 bridgehead atoms. The van der Waals surface area contributed by atoms with E-state index in [9.17, 15) is 0 Å². The van der Waals surface area contributed by atoms with Crippen molar-refractivity contribution in [1.29, 1.82) is 0 Å².